The molecule has 1 atom stereocenters. The van der Waals surface area contributed by atoms with Crippen molar-refractivity contribution in [3.8, 4) is 0 Å². The van der Waals surface area contributed by atoms with Gasteiger partial charge in [0.2, 0.25) is 10.0 Å². The Bertz CT molecular complexity index is 964. The number of nitrogens with one attached hydrogen (secondary N) is 1. The lowest BCUT2D eigenvalue weighted by molar-refractivity contribution is 0.396. The van der Waals surface area contributed by atoms with Crippen molar-refractivity contribution in [1.29, 1.82) is 0 Å². The summed E-state index contributed by atoms with van der Waals surface area (Å²) in [5, 5.41) is 4.44. The normalized spacial score (nSPS) is 13.0. The van der Waals surface area contributed by atoms with Gasteiger partial charge in [0.25, 0.3) is 0 Å². The lowest BCUT2D eigenvalue weighted by Crippen LogP contribution is -2.32. The number of rotatable bonds is 7. The van der Waals surface area contributed by atoms with Gasteiger partial charge < -0.3 is 4.42 Å². The van der Waals surface area contributed by atoms with Crippen LogP contribution in [0.4, 0.5) is 4.39 Å². The van der Waals surface area contributed by atoms with E-state index in [1.807, 2.05) is 19.9 Å². The number of sulfonamides is 1. The summed E-state index contributed by atoms with van der Waals surface area (Å²) in [7, 11) is -3.60. The van der Waals surface area contributed by atoms with Crippen molar-refractivity contribution in [3.05, 3.63) is 77.3 Å². The molecule has 0 bridgehead atoms. The highest BCUT2D eigenvalue weighted by Crippen LogP contribution is 2.21. The van der Waals surface area contributed by atoms with E-state index in [4.69, 9.17) is 4.42 Å². The summed E-state index contributed by atoms with van der Waals surface area (Å²) in [4.78, 5) is 0. The van der Waals surface area contributed by atoms with Crippen LogP contribution in [0.3, 0.4) is 0 Å². The number of benzene rings is 1. The quantitative estimate of drug-likeness (QED) is 0.687. The van der Waals surface area contributed by atoms with Gasteiger partial charge in [0.1, 0.15) is 17.6 Å². The van der Waals surface area contributed by atoms with E-state index in [0.29, 0.717) is 11.3 Å². The van der Waals surface area contributed by atoms with Crippen molar-refractivity contribution < 1.29 is 17.2 Å². The lowest BCUT2D eigenvalue weighted by atomic mass is 10.2. The molecule has 138 valence electrons. The van der Waals surface area contributed by atoms with Gasteiger partial charge in [0, 0.05) is 12.2 Å². The molecule has 0 aliphatic carbocycles. The largest absolute Gasteiger partial charge is 0.467 e. The highest BCUT2D eigenvalue weighted by Gasteiger charge is 2.22. The zero-order valence-corrected chi connectivity index (χ0v) is 15.3. The second-order valence-corrected chi connectivity index (χ2v) is 7.94. The molecule has 3 aromatic rings. The Hall–Kier alpha value is -2.45. The van der Waals surface area contributed by atoms with Crippen molar-refractivity contribution in [2.45, 2.75) is 25.6 Å². The molecule has 0 spiro atoms. The molecule has 0 aliphatic rings. The van der Waals surface area contributed by atoms with E-state index in [1.165, 1.54) is 24.3 Å². The molecule has 0 saturated carbocycles. The number of furan rings is 1. The number of halogens is 1. The number of aryl methyl sites for hydroxylation is 2. The molecule has 8 heteroatoms. The minimum absolute atomic E-state index is 0.0962. The van der Waals surface area contributed by atoms with Crippen molar-refractivity contribution in [2.24, 2.45) is 0 Å². The molecular weight excluding hydrogens is 357 g/mol. The van der Waals surface area contributed by atoms with Crippen molar-refractivity contribution >= 4 is 10.0 Å². The second-order valence-electron chi connectivity index (χ2n) is 6.14. The third kappa shape index (κ3) is 4.39. The highest BCUT2D eigenvalue weighted by molar-refractivity contribution is 7.88. The van der Waals surface area contributed by atoms with E-state index >= 15 is 0 Å². The highest BCUT2D eigenvalue weighted by atomic mass is 32.2. The molecule has 1 aromatic carbocycles. The van der Waals surface area contributed by atoms with E-state index in [-0.39, 0.29) is 12.3 Å². The van der Waals surface area contributed by atoms with Gasteiger partial charge in [0.15, 0.2) is 0 Å². The Morgan fingerprint density at radius 3 is 2.54 bits per heavy atom. The van der Waals surface area contributed by atoms with E-state index < -0.39 is 21.9 Å². The van der Waals surface area contributed by atoms with Crippen molar-refractivity contribution in [3.63, 3.8) is 0 Å². The van der Waals surface area contributed by atoms with Gasteiger partial charge in [0.05, 0.1) is 17.7 Å². The van der Waals surface area contributed by atoms with Crippen molar-refractivity contribution in [1.82, 2.24) is 14.5 Å². The molecule has 0 fully saturated rings. The minimum atomic E-state index is -3.60. The monoisotopic (exact) mass is 377 g/mol. The summed E-state index contributed by atoms with van der Waals surface area (Å²) < 4.78 is 47.6. The molecule has 0 amide bonds. The lowest BCUT2D eigenvalue weighted by Gasteiger charge is -2.18. The molecule has 2 heterocycles. The van der Waals surface area contributed by atoms with Gasteiger partial charge in [-0.1, -0.05) is 12.1 Å². The van der Waals surface area contributed by atoms with Crippen LogP contribution in [-0.4, -0.2) is 24.7 Å². The minimum Gasteiger partial charge on any atom is -0.467 e. The molecule has 0 saturated heterocycles. The first-order chi connectivity index (χ1) is 12.3. The van der Waals surface area contributed by atoms with Gasteiger partial charge in [-0.15, -0.1) is 0 Å². The van der Waals surface area contributed by atoms with E-state index in [9.17, 15) is 12.8 Å². The molecule has 0 radical (unpaired) electrons. The van der Waals surface area contributed by atoms with Gasteiger partial charge >= 0.3 is 0 Å². The van der Waals surface area contributed by atoms with E-state index in [0.717, 1.165) is 11.4 Å². The maximum absolute atomic E-state index is 13.0. The molecular formula is C18H20FN3O3S. The molecule has 1 N–H and O–H groups in total. The Balaban J connectivity index is 1.77. The predicted octanol–water partition coefficient (Wildman–Crippen LogP) is 2.94. The average Bonchev–Trinajstić information content (AvgIpc) is 3.20. The van der Waals surface area contributed by atoms with Crippen LogP contribution in [0, 0.1) is 19.7 Å². The Morgan fingerprint density at radius 1 is 1.23 bits per heavy atom. The van der Waals surface area contributed by atoms with Crippen molar-refractivity contribution in [2.75, 3.05) is 6.54 Å². The molecule has 0 aliphatic heterocycles. The SMILES string of the molecule is Cc1cc(C)n(C(CNS(=O)(=O)Cc2ccc(F)cc2)c2ccco2)n1. The number of hydrogen-bond acceptors (Lipinski definition) is 4. The molecule has 2 aromatic heterocycles. The Kier molecular flexibility index (Phi) is 5.24. The molecule has 1 unspecified atom stereocenters. The van der Waals surface area contributed by atoms with E-state index in [1.54, 1.807) is 23.1 Å². The van der Waals surface area contributed by atoms with Crippen LogP contribution in [0.15, 0.2) is 53.1 Å². The smallest absolute Gasteiger partial charge is 0.215 e. The Labute approximate surface area is 151 Å². The summed E-state index contributed by atoms with van der Waals surface area (Å²) in [5.41, 5.74) is 2.26. The van der Waals surface area contributed by atoms with Gasteiger partial charge in [-0.3, -0.25) is 4.68 Å². The topological polar surface area (TPSA) is 77.1 Å². The van der Waals surface area contributed by atoms with E-state index in [2.05, 4.69) is 9.82 Å². The summed E-state index contributed by atoms with van der Waals surface area (Å²) in [6.07, 6.45) is 1.54. The first-order valence-electron chi connectivity index (χ1n) is 8.12. The maximum Gasteiger partial charge on any atom is 0.215 e. The fraction of sp³-hybridized carbons (Fsp3) is 0.278. The standard InChI is InChI=1S/C18H20FN3O3S/c1-13-10-14(2)22(21-13)17(18-4-3-9-25-18)11-20-26(23,24)12-15-5-7-16(19)8-6-15/h3-10,17,20H,11-12H2,1-2H3. The fourth-order valence-electron chi connectivity index (χ4n) is 2.81. The number of aromatic nitrogens is 2. The summed E-state index contributed by atoms with van der Waals surface area (Å²) >= 11 is 0. The zero-order valence-electron chi connectivity index (χ0n) is 14.5. The van der Waals surface area contributed by atoms with Gasteiger partial charge in [-0.2, -0.15) is 5.10 Å². The maximum atomic E-state index is 13.0. The van der Waals surface area contributed by atoms with Crippen LogP contribution in [0.25, 0.3) is 0 Å². The van der Waals surface area contributed by atoms with Crippen LogP contribution in [0.2, 0.25) is 0 Å². The van der Waals surface area contributed by atoms with Crippen LogP contribution < -0.4 is 4.72 Å². The van der Waals surface area contributed by atoms with Gasteiger partial charge in [-0.05, 0) is 49.7 Å². The third-order valence-electron chi connectivity index (χ3n) is 3.98. The predicted molar refractivity (Wildman–Crippen MR) is 95.6 cm³/mol. The van der Waals surface area contributed by atoms with Crippen LogP contribution in [-0.2, 0) is 15.8 Å². The average molecular weight is 377 g/mol. The van der Waals surface area contributed by atoms with Crippen LogP contribution >= 0.6 is 0 Å². The summed E-state index contributed by atoms with van der Waals surface area (Å²) in [5.74, 6) is -0.0165. The molecule has 6 nitrogen and oxygen atoms in total. The number of nitrogens with zero attached hydrogens (tertiary/aromatic N) is 2. The summed E-state index contributed by atoms with van der Waals surface area (Å²) in [6.45, 7) is 3.88. The van der Waals surface area contributed by atoms with Crippen LogP contribution in [0.5, 0.6) is 0 Å². The Morgan fingerprint density at radius 2 is 1.96 bits per heavy atom. The number of hydrogen-bond donors (Lipinski definition) is 1. The summed E-state index contributed by atoms with van der Waals surface area (Å²) in [6, 6.07) is 10.5. The van der Waals surface area contributed by atoms with Crippen LogP contribution in [0.1, 0.15) is 28.8 Å². The molecule has 26 heavy (non-hydrogen) atoms. The second kappa shape index (κ2) is 7.43. The molecule has 3 rings (SSSR count). The third-order valence-corrected chi connectivity index (χ3v) is 5.30. The first kappa shape index (κ1) is 18.3. The fourth-order valence-corrected chi connectivity index (χ4v) is 3.95. The first-order valence-corrected chi connectivity index (χ1v) is 9.77. The zero-order chi connectivity index (χ0) is 18.7. The van der Waals surface area contributed by atoms with Gasteiger partial charge in [-0.25, -0.2) is 17.5 Å².